The van der Waals surface area contributed by atoms with Crippen LogP contribution in [0.4, 0.5) is 0 Å². The smallest absolute Gasteiger partial charge is 0.144 e. The van der Waals surface area contributed by atoms with Crippen LogP contribution >= 0.6 is 0 Å². The summed E-state index contributed by atoms with van der Waals surface area (Å²) < 4.78 is 0. The van der Waals surface area contributed by atoms with E-state index in [0.717, 1.165) is 25.4 Å². The Morgan fingerprint density at radius 2 is 2.12 bits per heavy atom. The first-order chi connectivity index (χ1) is 7.47. The molecule has 0 aromatic heterocycles. The molecule has 1 fully saturated rings. The third-order valence-electron chi connectivity index (χ3n) is 3.81. The summed E-state index contributed by atoms with van der Waals surface area (Å²) in [6.45, 7) is 5.14. The molecule has 0 spiro atoms. The van der Waals surface area contributed by atoms with Crippen LogP contribution in [-0.4, -0.2) is 35.6 Å². The highest BCUT2D eigenvalue weighted by Crippen LogP contribution is 2.26. The molecule has 0 unspecified atom stereocenters. The largest absolute Gasteiger partial charge is 0.409 e. The highest BCUT2D eigenvalue weighted by molar-refractivity contribution is 5.85. The van der Waals surface area contributed by atoms with E-state index < -0.39 is 0 Å². The molecule has 0 radical (unpaired) electrons. The van der Waals surface area contributed by atoms with Gasteiger partial charge in [0.15, 0.2) is 0 Å². The van der Waals surface area contributed by atoms with Gasteiger partial charge in [-0.05, 0) is 39.3 Å². The van der Waals surface area contributed by atoms with E-state index in [-0.39, 0.29) is 5.41 Å². The summed E-state index contributed by atoms with van der Waals surface area (Å²) in [4.78, 5) is 2.44. The van der Waals surface area contributed by atoms with Gasteiger partial charge in [-0.3, -0.25) is 0 Å². The summed E-state index contributed by atoms with van der Waals surface area (Å²) in [5, 5.41) is 11.8. The lowest BCUT2D eigenvalue weighted by Crippen LogP contribution is -2.38. The number of nitrogens with zero attached hydrogens (tertiary/aromatic N) is 2. The summed E-state index contributed by atoms with van der Waals surface area (Å²) in [7, 11) is 2.19. The van der Waals surface area contributed by atoms with Crippen LogP contribution in [0, 0.1) is 5.41 Å². The van der Waals surface area contributed by atoms with Crippen molar-refractivity contribution in [2.45, 2.75) is 52.0 Å². The minimum atomic E-state index is -0.199. The first-order valence-corrected chi connectivity index (χ1v) is 6.15. The zero-order chi connectivity index (χ0) is 12.2. The van der Waals surface area contributed by atoms with E-state index in [1.165, 1.54) is 19.3 Å². The van der Waals surface area contributed by atoms with Gasteiger partial charge in [0.05, 0.1) is 0 Å². The SMILES string of the molecule is CN(CCCC(C)(C)C(N)=NO)C1CCC1. The number of nitrogens with two attached hydrogens (primary N) is 1. The van der Waals surface area contributed by atoms with Crippen LogP contribution in [0.1, 0.15) is 46.0 Å². The fraction of sp³-hybridized carbons (Fsp3) is 0.917. The lowest BCUT2D eigenvalue weighted by atomic mass is 9.86. The molecule has 0 amide bonds. The molecule has 0 atom stereocenters. The topological polar surface area (TPSA) is 61.8 Å². The van der Waals surface area contributed by atoms with Crippen LogP contribution in [0.25, 0.3) is 0 Å². The van der Waals surface area contributed by atoms with Crippen molar-refractivity contribution in [3.8, 4) is 0 Å². The predicted molar refractivity (Wildman–Crippen MR) is 66.7 cm³/mol. The Balaban J connectivity index is 2.23. The van der Waals surface area contributed by atoms with E-state index in [4.69, 9.17) is 10.9 Å². The zero-order valence-corrected chi connectivity index (χ0v) is 10.7. The van der Waals surface area contributed by atoms with Gasteiger partial charge in [0.25, 0.3) is 0 Å². The molecule has 0 saturated heterocycles. The van der Waals surface area contributed by atoms with Crippen LogP contribution in [0.2, 0.25) is 0 Å². The minimum Gasteiger partial charge on any atom is -0.409 e. The van der Waals surface area contributed by atoms with Crippen molar-refractivity contribution in [3.63, 3.8) is 0 Å². The maximum Gasteiger partial charge on any atom is 0.144 e. The fourth-order valence-electron chi connectivity index (χ4n) is 2.04. The molecule has 1 rings (SSSR count). The van der Waals surface area contributed by atoms with Gasteiger partial charge in [0.1, 0.15) is 5.84 Å². The first-order valence-electron chi connectivity index (χ1n) is 6.15. The van der Waals surface area contributed by atoms with E-state index in [1.807, 2.05) is 13.8 Å². The Labute approximate surface area is 98.5 Å². The van der Waals surface area contributed by atoms with Gasteiger partial charge in [0, 0.05) is 11.5 Å². The van der Waals surface area contributed by atoms with E-state index in [9.17, 15) is 0 Å². The van der Waals surface area contributed by atoms with Crippen molar-refractivity contribution in [3.05, 3.63) is 0 Å². The molecule has 1 aliphatic rings. The zero-order valence-electron chi connectivity index (χ0n) is 10.7. The lowest BCUT2D eigenvalue weighted by molar-refractivity contribution is 0.154. The molecule has 4 nitrogen and oxygen atoms in total. The van der Waals surface area contributed by atoms with Crippen molar-refractivity contribution in [2.24, 2.45) is 16.3 Å². The highest BCUT2D eigenvalue weighted by Gasteiger charge is 2.25. The van der Waals surface area contributed by atoms with Crippen LogP contribution < -0.4 is 5.73 Å². The summed E-state index contributed by atoms with van der Waals surface area (Å²) in [5.74, 6) is 0.332. The Bertz CT molecular complexity index is 247. The van der Waals surface area contributed by atoms with E-state index in [0.29, 0.717) is 5.84 Å². The monoisotopic (exact) mass is 227 g/mol. The van der Waals surface area contributed by atoms with E-state index in [2.05, 4.69) is 17.1 Å². The summed E-state index contributed by atoms with van der Waals surface area (Å²) in [6, 6.07) is 0.798. The molecule has 0 bridgehead atoms. The number of oxime groups is 1. The number of hydrogen-bond donors (Lipinski definition) is 2. The molecule has 1 saturated carbocycles. The Kier molecular flexibility index (Phi) is 4.59. The summed E-state index contributed by atoms with van der Waals surface area (Å²) in [5.41, 5.74) is 5.45. The quantitative estimate of drug-likeness (QED) is 0.316. The van der Waals surface area contributed by atoms with Gasteiger partial charge in [-0.2, -0.15) is 0 Å². The second-order valence-corrected chi connectivity index (χ2v) is 5.54. The first kappa shape index (κ1) is 13.3. The third-order valence-corrected chi connectivity index (χ3v) is 3.81. The average Bonchev–Trinajstić information content (AvgIpc) is 2.13. The highest BCUT2D eigenvalue weighted by atomic mass is 16.4. The van der Waals surface area contributed by atoms with Crippen LogP contribution in [0.3, 0.4) is 0 Å². The summed E-state index contributed by atoms with van der Waals surface area (Å²) in [6.07, 6.45) is 6.13. The second-order valence-electron chi connectivity index (χ2n) is 5.54. The van der Waals surface area contributed by atoms with Crippen LogP contribution in [-0.2, 0) is 0 Å². The molecular weight excluding hydrogens is 202 g/mol. The Hall–Kier alpha value is -0.770. The van der Waals surface area contributed by atoms with E-state index in [1.54, 1.807) is 0 Å². The van der Waals surface area contributed by atoms with Gasteiger partial charge in [-0.1, -0.05) is 25.4 Å². The van der Waals surface area contributed by atoms with Crippen molar-refractivity contribution < 1.29 is 5.21 Å². The van der Waals surface area contributed by atoms with Gasteiger partial charge in [0.2, 0.25) is 0 Å². The molecule has 0 aromatic rings. The average molecular weight is 227 g/mol. The minimum absolute atomic E-state index is 0.199. The number of amidine groups is 1. The maximum atomic E-state index is 8.67. The van der Waals surface area contributed by atoms with Crippen LogP contribution in [0.15, 0.2) is 5.16 Å². The molecule has 0 aromatic carbocycles. The molecule has 16 heavy (non-hydrogen) atoms. The lowest BCUT2D eigenvalue weighted by Gasteiger charge is -2.35. The maximum absolute atomic E-state index is 8.67. The molecule has 94 valence electrons. The second kappa shape index (κ2) is 5.53. The predicted octanol–water partition coefficient (Wildman–Crippen LogP) is 2.02. The molecule has 3 N–H and O–H groups in total. The standard InChI is InChI=1S/C12H25N3O/c1-12(2,11(13)14-16)8-5-9-15(3)10-6-4-7-10/h10,16H,4-9H2,1-3H3,(H2,13,14). The van der Waals surface area contributed by atoms with Gasteiger partial charge < -0.3 is 15.8 Å². The molecule has 1 aliphatic carbocycles. The van der Waals surface area contributed by atoms with Crippen LogP contribution in [0.5, 0.6) is 0 Å². The van der Waals surface area contributed by atoms with Crippen molar-refractivity contribution in [1.29, 1.82) is 0 Å². The molecule has 0 heterocycles. The van der Waals surface area contributed by atoms with Crippen molar-refractivity contribution >= 4 is 5.84 Å². The Morgan fingerprint density at radius 3 is 2.56 bits per heavy atom. The fourth-order valence-corrected chi connectivity index (χ4v) is 2.04. The van der Waals surface area contributed by atoms with Gasteiger partial charge >= 0.3 is 0 Å². The summed E-state index contributed by atoms with van der Waals surface area (Å²) >= 11 is 0. The van der Waals surface area contributed by atoms with Gasteiger partial charge in [-0.25, -0.2) is 0 Å². The molecule has 4 heteroatoms. The Morgan fingerprint density at radius 1 is 1.50 bits per heavy atom. The third kappa shape index (κ3) is 3.37. The van der Waals surface area contributed by atoms with Gasteiger partial charge in [-0.15, -0.1) is 0 Å². The normalized spacial score (nSPS) is 18.9. The van der Waals surface area contributed by atoms with Crippen molar-refractivity contribution in [1.82, 2.24) is 4.90 Å². The number of rotatable bonds is 6. The van der Waals surface area contributed by atoms with E-state index >= 15 is 0 Å². The van der Waals surface area contributed by atoms with Crippen molar-refractivity contribution in [2.75, 3.05) is 13.6 Å². The molecule has 0 aliphatic heterocycles. The number of hydrogen-bond acceptors (Lipinski definition) is 3. The molecular formula is C12H25N3O.